The molecule has 0 saturated heterocycles. The van der Waals surface area contributed by atoms with Crippen LogP contribution in [0.3, 0.4) is 0 Å². The zero-order chi connectivity index (χ0) is 15.2. The van der Waals surface area contributed by atoms with Gasteiger partial charge in [-0.05, 0) is 34.1 Å². The average molecular weight is 355 g/mol. The molecule has 0 atom stereocenters. The van der Waals surface area contributed by atoms with Gasteiger partial charge in [-0.15, -0.1) is 0 Å². The molecule has 3 N–H and O–H groups in total. The lowest BCUT2D eigenvalue weighted by Gasteiger charge is -2.05. The number of nitrogens with one attached hydrogen (secondary N) is 3. The van der Waals surface area contributed by atoms with E-state index >= 15 is 0 Å². The van der Waals surface area contributed by atoms with E-state index in [1.54, 1.807) is 6.07 Å². The van der Waals surface area contributed by atoms with Gasteiger partial charge in [0.2, 0.25) is 0 Å². The van der Waals surface area contributed by atoms with E-state index in [9.17, 15) is 14.4 Å². The van der Waals surface area contributed by atoms with E-state index in [1.807, 2.05) is 0 Å². The number of furan rings is 1. The Labute approximate surface area is 127 Å². The minimum absolute atomic E-state index is 0.0934. The number of nitrogens with zero attached hydrogens (tertiary/aromatic N) is 1. The summed E-state index contributed by atoms with van der Waals surface area (Å²) in [6.45, 7) is 0.444. The lowest BCUT2D eigenvalue weighted by Crippen LogP contribution is -2.35. The Morgan fingerprint density at radius 2 is 1.86 bits per heavy atom. The molecule has 0 radical (unpaired) electrons. The standard InChI is InChI=1S/C12H11BrN4O4/c13-9-3-2-8(21-9)12(20)15-6-5-14-11(19)7-1-4-10(18)17-16-7/h1-4H,5-6H2,(H,14,19)(H,15,20)(H,17,18). The average Bonchev–Trinajstić information content (AvgIpc) is 2.90. The molecule has 0 aliphatic carbocycles. The summed E-state index contributed by atoms with van der Waals surface area (Å²) in [7, 11) is 0. The third-order valence-corrected chi connectivity index (χ3v) is 2.83. The van der Waals surface area contributed by atoms with E-state index in [0.29, 0.717) is 4.67 Å². The fourth-order valence-corrected chi connectivity index (χ4v) is 1.74. The summed E-state index contributed by atoms with van der Waals surface area (Å²) >= 11 is 3.10. The second-order valence-electron chi connectivity index (χ2n) is 3.92. The minimum atomic E-state index is -0.443. The lowest BCUT2D eigenvalue weighted by molar-refractivity contribution is 0.0908. The van der Waals surface area contributed by atoms with Gasteiger partial charge in [-0.2, -0.15) is 5.10 Å². The Hall–Kier alpha value is -2.42. The summed E-state index contributed by atoms with van der Waals surface area (Å²) in [4.78, 5) is 34.1. The molecular weight excluding hydrogens is 344 g/mol. The second-order valence-corrected chi connectivity index (χ2v) is 4.70. The first-order chi connectivity index (χ1) is 10.1. The molecule has 2 amide bonds. The third kappa shape index (κ3) is 4.28. The minimum Gasteiger partial charge on any atom is -0.444 e. The molecule has 0 unspecified atom stereocenters. The van der Waals surface area contributed by atoms with E-state index in [-0.39, 0.29) is 36.0 Å². The molecule has 0 fully saturated rings. The monoisotopic (exact) mass is 354 g/mol. The highest BCUT2D eigenvalue weighted by atomic mass is 79.9. The first-order valence-corrected chi connectivity index (χ1v) is 6.73. The van der Waals surface area contributed by atoms with Crippen molar-refractivity contribution in [2.45, 2.75) is 0 Å². The highest BCUT2D eigenvalue weighted by Gasteiger charge is 2.10. The molecule has 2 aromatic rings. The normalized spacial score (nSPS) is 10.1. The van der Waals surface area contributed by atoms with Crippen LogP contribution in [0, 0.1) is 0 Å². The molecule has 0 bridgehead atoms. The molecule has 21 heavy (non-hydrogen) atoms. The van der Waals surface area contributed by atoms with Crippen molar-refractivity contribution in [3.05, 3.63) is 50.7 Å². The van der Waals surface area contributed by atoms with Crippen molar-refractivity contribution in [2.75, 3.05) is 13.1 Å². The quantitative estimate of drug-likeness (QED) is 0.667. The molecule has 110 valence electrons. The molecule has 2 rings (SSSR count). The number of rotatable bonds is 5. The number of aromatic nitrogens is 2. The molecule has 0 saturated carbocycles. The van der Waals surface area contributed by atoms with Gasteiger partial charge in [0.1, 0.15) is 5.69 Å². The van der Waals surface area contributed by atoms with Crippen LogP contribution in [0.5, 0.6) is 0 Å². The SMILES string of the molecule is O=C(NCCNC(=O)c1ccc(Br)o1)c1ccc(=O)[nH]n1. The maximum Gasteiger partial charge on any atom is 0.287 e. The Bertz CT molecular complexity index is 689. The number of carbonyl (C=O) groups is 2. The summed E-state index contributed by atoms with van der Waals surface area (Å²) in [5.41, 5.74) is -0.292. The number of halogens is 1. The van der Waals surface area contributed by atoms with Gasteiger partial charge in [0.15, 0.2) is 10.4 Å². The Morgan fingerprint density at radius 3 is 2.43 bits per heavy atom. The Morgan fingerprint density at radius 1 is 1.14 bits per heavy atom. The molecule has 2 heterocycles. The van der Waals surface area contributed by atoms with Gasteiger partial charge in [0, 0.05) is 19.2 Å². The summed E-state index contributed by atoms with van der Waals surface area (Å²) in [6, 6.07) is 5.66. The van der Waals surface area contributed by atoms with Crippen LogP contribution in [0.25, 0.3) is 0 Å². The largest absolute Gasteiger partial charge is 0.444 e. The maximum absolute atomic E-state index is 11.6. The van der Waals surface area contributed by atoms with Crippen molar-refractivity contribution in [3.63, 3.8) is 0 Å². The van der Waals surface area contributed by atoms with Gasteiger partial charge in [-0.3, -0.25) is 14.4 Å². The number of H-pyrrole nitrogens is 1. The summed E-state index contributed by atoms with van der Waals surface area (Å²) in [5.74, 6) is -0.645. The van der Waals surface area contributed by atoms with Crippen molar-refractivity contribution in [2.24, 2.45) is 0 Å². The molecule has 0 aliphatic rings. The van der Waals surface area contributed by atoms with Crippen LogP contribution in [0.2, 0.25) is 0 Å². The summed E-state index contributed by atoms with van der Waals surface area (Å²) in [6.07, 6.45) is 0. The van der Waals surface area contributed by atoms with Crippen molar-refractivity contribution in [1.29, 1.82) is 0 Å². The predicted octanol–water partition coefficient (Wildman–Crippen LogP) is 0.285. The smallest absolute Gasteiger partial charge is 0.287 e. The van der Waals surface area contributed by atoms with Crippen molar-refractivity contribution < 1.29 is 14.0 Å². The maximum atomic E-state index is 11.6. The molecule has 0 aromatic carbocycles. The molecule has 0 spiro atoms. The van der Waals surface area contributed by atoms with Gasteiger partial charge < -0.3 is 15.1 Å². The van der Waals surface area contributed by atoms with Gasteiger partial charge in [0.25, 0.3) is 17.4 Å². The molecule has 0 aliphatic heterocycles. The highest BCUT2D eigenvalue weighted by Crippen LogP contribution is 2.13. The number of aromatic amines is 1. The molecule has 8 nitrogen and oxygen atoms in total. The number of amides is 2. The zero-order valence-electron chi connectivity index (χ0n) is 10.7. The van der Waals surface area contributed by atoms with Gasteiger partial charge in [-0.1, -0.05) is 0 Å². The highest BCUT2D eigenvalue weighted by molar-refractivity contribution is 9.10. The van der Waals surface area contributed by atoms with Crippen LogP contribution in [0.15, 0.2) is 38.1 Å². The van der Waals surface area contributed by atoms with E-state index in [4.69, 9.17) is 4.42 Å². The number of hydrogen-bond acceptors (Lipinski definition) is 5. The Balaban J connectivity index is 1.74. The predicted molar refractivity (Wildman–Crippen MR) is 75.9 cm³/mol. The van der Waals surface area contributed by atoms with Crippen molar-refractivity contribution in [3.8, 4) is 0 Å². The molecular formula is C12H11BrN4O4. The van der Waals surface area contributed by atoms with Crippen molar-refractivity contribution >= 4 is 27.7 Å². The van der Waals surface area contributed by atoms with Crippen molar-refractivity contribution in [1.82, 2.24) is 20.8 Å². The van der Waals surface area contributed by atoms with E-state index < -0.39 is 5.91 Å². The Kier molecular flexibility index (Phi) is 4.88. The third-order valence-electron chi connectivity index (χ3n) is 2.40. The topological polar surface area (TPSA) is 117 Å². The fourth-order valence-electron chi connectivity index (χ4n) is 1.44. The lowest BCUT2D eigenvalue weighted by atomic mass is 10.3. The number of carbonyl (C=O) groups excluding carboxylic acids is 2. The van der Waals surface area contributed by atoms with Gasteiger partial charge in [0.05, 0.1) is 0 Å². The number of hydrogen-bond donors (Lipinski definition) is 3. The zero-order valence-corrected chi connectivity index (χ0v) is 12.3. The van der Waals surface area contributed by atoms with Crippen LogP contribution in [-0.4, -0.2) is 35.1 Å². The first kappa shape index (κ1) is 15.0. The first-order valence-electron chi connectivity index (χ1n) is 5.94. The fraction of sp³-hybridized carbons (Fsp3) is 0.167. The van der Waals surface area contributed by atoms with E-state index in [2.05, 4.69) is 36.8 Å². The second kappa shape index (κ2) is 6.84. The summed E-state index contributed by atoms with van der Waals surface area (Å²) < 4.78 is 5.54. The van der Waals surface area contributed by atoms with Gasteiger partial charge in [-0.25, -0.2) is 5.10 Å². The van der Waals surface area contributed by atoms with Crippen LogP contribution in [-0.2, 0) is 0 Å². The van der Waals surface area contributed by atoms with Crippen LogP contribution in [0.4, 0.5) is 0 Å². The van der Waals surface area contributed by atoms with Crippen LogP contribution >= 0.6 is 15.9 Å². The van der Waals surface area contributed by atoms with E-state index in [1.165, 1.54) is 18.2 Å². The van der Waals surface area contributed by atoms with Crippen LogP contribution < -0.4 is 16.2 Å². The molecule has 2 aromatic heterocycles. The van der Waals surface area contributed by atoms with Gasteiger partial charge >= 0.3 is 0 Å². The molecule has 9 heteroatoms. The van der Waals surface area contributed by atoms with E-state index in [0.717, 1.165) is 0 Å². The van der Waals surface area contributed by atoms with Crippen LogP contribution in [0.1, 0.15) is 21.0 Å². The summed E-state index contributed by atoms with van der Waals surface area (Å²) in [5, 5.41) is 10.9.